The van der Waals surface area contributed by atoms with Crippen molar-refractivity contribution in [2.75, 3.05) is 25.0 Å². The second kappa shape index (κ2) is 4.51. The van der Waals surface area contributed by atoms with Crippen molar-refractivity contribution in [3.05, 3.63) is 28.3 Å². The first-order valence-electron chi connectivity index (χ1n) is 6.15. The summed E-state index contributed by atoms with van der Waals surface area (Å²) in [6.45, 7) is 1.64. The maximum atomic E-state index is 10.9. The van der Waals surface area contributed by atoms with E-state index in [4.69, 9.17) is 4.42 Å². The third-order valence-corrected chi connectivity index (χ3v) is 3.45. The van der Waals surface area contributed by atoms with Gasteiger partial charge in [-0.05, 0) is 19.5 Å². The molecular formula is C12H14N4O3. The zero-order chi connectivity index (χ0) is 13.4. The standard InChI is InChI=1S/C12H14N4O3/c1-13-8-5-6-15(7-8)12-14-11-9(16(17)18)3-2-4-10(11)19-12/h2-4,8,13H,5-7H2,1H3. The van der Waals surface area contributed by atoms with E-state index in [1.807, 2.05) is 11.9 Å². The van der Waals surface area contributed by atoms with Gasteiger partial charge in [-0.15, -0.1) is 0 Å². The number of benzene rings is 1. The molecule has 0 amide bonds. The Morgan fingerprint density at radius 2 is 2.42 bits per heavy atom. The van der Waals surface area contributed by atoms with Gasteiger partial charge < -0.3 is 14.6 Å². The second-order valence-electron chi connectivity index (χ2n) is 4.60. The van der Waals surface area contributed by atoms with Crippen molar-refractivity contribution in [3.63, 3.8) is 0 Å². The quantitative estimate of drug-likeness (QED) is 0.667. The van der Waals surface area contributed by atoms with E-state index in [1.165, 1.54) is 6.07 Å². The predicted octanol–water partition coefficient (Wildman–Crippen LogP) is 1.53. The number of nitro groups is 1. The summed E-state index contributed by atoms with van der Waals surface area (Å²) in [5.41, 5.74) is 0.754. The van der Waals surface area contributed by atoms with Crippen LogP contribution in [0.2, 0.25) is 0 Å². The number of rotatable bonds is 3. The van der Waals surface area contributed by atoms with Crippen LogP contribution < -0.4 is 10.2 Å². The largest absolute Gasteiger partial charge is 0.423 e. The molecular weight excluding hydrogens is 248 g/mol. The van der Waals surface area contributed by atoms with Crippen molar-refractivity contribution < 1.29 is 9.34 Å². The summed E-state index contributed by atoms with van der Waals surface area (Å²) in [5.74, 6) is 0. The molecule has 1 aliphatic heterocycles. The molecule has 1 aromatic carbocycles. The van der Waals surface area contributed by atoms with Crippen LogP contribution in [0.25, 0.3) is 11.1 Å². The van der Waals surface area contributed by atoms with Crippen LogP contribution in [0.5, 0.6) is 0 Å². The van der Waals surface area contributed by atoms with E-state index in [-0.39, 0.29) is 5.69 Å². The lowest BCUT2D eigenvalue weighted by Gasteiger charge is -2.12. The van der Waals surface area contributed by atoms with E-state index < -0.39 is 4.92 Å². The van der Waals surface area contributed by atoms with Gasteiger partial charge >= 0.3 is 0 Å². The summed E-state index contributed by atoms with van der Waals surface area (Å²) in [5, 5.41) is 14.2. The highest BCUT2D eigenvalue weighted by Crippen LogP contribution is 2.30. The Kier molecular flexibility index (Phi) is 2.83. The number of hydrogen-bond donors (Lipinski definition) is 1. The lowest BCUT2D eigenvalue weighted by atomic mass is 10.3. The van der Waals surface area contributed by atoms with Crippen molar-refractivity contribution in [2.24, 2.45) is 0 Å². The summed E-state index contributed by atoms with van der Waals surface area (Å²) < 4.78 is 5.62. The molecule has 1 unspecified atom stereocenters. The Bertz CT molecular complexity index is 624. The van der Waals surface area contributed by atoms with Crippen LogP contribution in [0.1, 0.15) is 6.42 Å². The SMILES string of the molecule is CNC1CCN(c2nc3c([N+](=O)[O-])cccc3o2)C1. The average Bonchev–Trinajstić information content (AvgIpc) is 3.03. The van der Waals surface area contributed by atoms with Gasteiger partial charge in [-0.2, -0.15) is 4.98 Å². The van der Waals surface area contributed by atoms with Crippen LogP contribution >= 0.6 is 0 Å². The molecule has 1 fully saturated rings. The summed E-state index contributed by atoms with van der Waals surface area (Å²) >= 11 is 0. The molecule has 0 spiro atoms. The van der Waals surface area contributed by atoms with Crippen LogP contribution in [-0.4, -0.2) is 36.1 Å². The van der Waals surface area contributed by atoms with Gasteiger partial charge in [0.15, 0.2) is 11.1 Å². The molecule has 1 atom stereocenters. The minimum Gasteiger partial charge on any atom is -0.423 e. The summed E-state index contributed by atoms with van der Waals surface area (Å²) in [4.78, 5) is 16.8. The molecule has 0 bridgehead atoms. The van der Waals surface area contributed by atoms with E-state index in [1.54, 1.807) is 12.1 Å². The first kappa shape index (κ1) is 11.9. The molecule has 7 nitrogen and oxygen atoms in total. The van der Waals surface area contributed by atoms with Crippen LogP contribution in [0.4, 0.5) is 11.7 Å². The molecule has 7 heteroatoms. The van der Waals surface area contributed by atoms with E-state index in [0.717, 1.165) is 19.5 Å². The molecule has 0 radical (unpaired) electrons. The first-order valence-corrected chi connectivity index (χ1v) is 6.15. The number of likely N-dealkylation sites (N-methyl/N-ethyl adjacent to an activating group) is 1. The van der Waals surface area contributed by atoms with E-state index in [0.29, 0.717) is 23.2 Å². The number of nitrogens with one attached hydrogen (secondary N) is 1. The highest BCUT2D eigenvalue weighted by Gasteiger charge is 2.26. The monoisotopic (exact) mass is 262 g/mol. The Morgan fingerprint density at radius 3 is 3.11 bits per heavy atom. The van der Waals surface area contributed by atoms with Crippen molar-refractivity contribution >= 4 is 22.8 Å². The molecule has 1 aliphatic rings. The Hall–Kier alpha value is -2.15. The fraction of sp³-hybridized carbons (Fsp3) is 0.417. The van der Waals surface area contributed by atoms with E-state index >= 15 is 0 Å². The normalized spacial score (nSPS) is 19.2. The Labute approximate surface area is 109 Å². The number of nitro benzene ring substituents is 1. The van der Waals surface area contributed by atoms with Crippen LogP contribution in [0.15, 0.2) is 22.6 Å². The molecule has 1 saturated heterocycles. The van der Waals surface area contributed by atoms with Gasteiger partial charge in [-0.3, -0.25) is 10.1 Å². The first-order chi connectivity index (χ1) is 9.19. The minimum atomic E-state index is -0.435. The number of aromatic nitrogens is 1. The average molecular weight is 262 g/mol. The number of anilines is 1. The maximum Gasteiger partial charge on any atom is 0.298 e. The van der Waals surface area contributed by atoms with Gasteiger partial charge in [0, 0.05) is 25.2 Å². The molecule has 1 N–H and O–H groups in total. The number of oxazole rings is 1. The Morgan fingerprint density at radius 1 is 1.58 bits per heavy atom. The fourth-order valence-corrected chi connectivity index (χ4v) is 2.37. The molecule has 3 rings (SSSR count). The summed E-state index contributed by atoms with van der Waals surface area (Å²) in [6.07, 6.45) is 1.01. The lowest BCUT2D eigenvalue weighted by Crippen LogP contribution is -2.29. The van der Waals surface area contributed by atoms with Gasteiger partial charge in [0.05, 0.1) is 4.92 Å². The zero-order valence-electron chi connectivity index (χ0n) is 10.5. The molecule has 0 saturated carbocycles. The number of fused-ring (bicyclic) bond motifs is 1. The van der Waals surface area contributed by atoms with Crippen molar-refractivity contribution in [3.8, 4) is 0 Å². The third kappa shape index (κ3) is 2.01. The number of hydrogen-bond acceptors (Lipinski definition) is 6. The highest BCUT2D eigenvalue weighted by atomic mass is 16.6. The minimum absolute atomic E-state index is 0.0168. The van der Waals surface area contributed by atoms with Gasteiger partial charge in [0.25, 0.3) is 11.7 Å². The fourth-order valence-electron chi connectivity index (χ4n) is 2.37. The zero-order valence-corrected chi connectivity index (χ0v) is 10.5. The third-order valence-electron chi connectivity index (χ3n) is 3.45. The summed E-state index contributed by atoms with van der Waals surface area (Å²) in [6, 6.07) is 5.61. The number of para-hydroxylation sites is 1. The topological polar surface area (TPSA) is 84.4 Å². The molecule has 2 heterocycles. The van der Waals surface area contributed by atoms with Crippen molar-refractivity contribution in [1.29, 1.82) is 0 Å². The second-order valence-corrected chi connectivity index (χ2v) is 4.60. The molecule has 2 aromatic rings. The maximum absolute atomic E-state index is 10.9. The molecule has 1 aromatic heterocycles. The van der Waals surface area contributed by atoms with Gasteiger partial charge in [0.1, 0.15) is 0 Å². The van der Waals surface area contributed by atoms with E-state index in [2.05, 4.69) is 10.3 Å². The molecule has 100 valence electrons. The van der Waals surface area contributed by atoms with Gasteiger partial charge in [0.2, 0.25) is 0 Å². The number of nitrogens with zero attached hydrogens (tertiary/aromatic N) is 3. The van der Waals surface area contributed by atoms with Gasteiger partial charge in [-0.25, -0.2) is 0 Å². The highest BCUT2D eigenvalue weighted by molar-refractivity contribution is 5.84. The van der Waals surface area contributed by atoms with Crippen LogP contribution in [0.3, 0.4) is 0 Å². The van der Waals surface area contributed by atoms with Crippen LogP contribution in [-0.2, 0) is 0 Å². The smallest absolute Gasteiger partial charge is 0.298 e. The number of non-ortho nitro benzene ring substituents is 1. The predicted molar refractivity (Wildman–Crippen MR) is 70.3 cm³/mol. The lowest BCUT2D eigenvalue weighted by molar-refractivity contribution is -0.383. The van der Waals surface area contributed by atoms with E-state index in [9.17, 15) is 10.1 Å². The summed E-state index contributed by atoms with van der Waals surface area (Å²) in [7, 11) is 1.92. The Balaban J connectivity index is 1.98. The molecule has 0 aliphatic carbocycles. The molecule has 19 heavy (non-hydrogen) atoms. The van der Waals surface area contributed by atoms with Crippen LogP contribution in [0, 0.1) is 10.1 Å². The van der Waals surface area contributed by atoms with Crippen molar-refractivity contribution in [2.45, 2.75) is 12.5 Å². The van der Waals surface area contributed by atoms with Crippen molar-refractivity contribution in [1.82, 2.24) is 10.3 Å². The van der Waals surface area contributed by atoms with Gasteiger partial charge in [-0.1, -0.05) is 6.07 Å².